The number of aryl methyl sites for hydroxylation is 1. The number of fused-ring (bicyclic) bond motifs is 1. The molecule has 2 aromatic carbocycles. The smallest absolute Gasteiger partial charge is 0.162 e. The molecule has 0 saturated carbocycles. The van der Waals surface area contributed by atoms with E-state index in [0.29, 0.717) is 24.0 Å². The SMILES string of the molecule is COc1cc2c(cc1OC)C(CCc1cc(F)cc(F)c1F)NCC2. The van der Waals surface area contributed by atoms with E-state index >= 15 is 0 Å². The highest BCUT2D eigenvalue weighted by molar-refractivity contribution is 5.49. The summed E-state index contributed by atoms with van der Waals surface area (Å²) < 4.78 is 51.2. The fourth-order valence-corrected chi connectivity index (χ4v) is 3.32. The molecule has 1 aliphatic rings. The summed E-state index contributed by atoms with van der Waals surface area (Å²) in [6.07, 6.45) is 1.59. The fraction of sp³-hybridized carbons (Fsp3) is 0.368. The molecule has 0 saturated heterocycles. The van der Waals surface area contributed by atoms with Crippen molar-refractivity contribution in [1.82, 2.24) is 5.32 Å². The van der Waals surface area contributed by atoms with Crippen molar-refractivity contribution in [3.63, 3.8) is 0 Å². The van der Waals surface area contributed by atoms with Gasteiger partial charge in [0, 0.05) is 12.1 Å². The zero-order valence-corrected chi connectivity index (χ0v) is 14.2. The molecule has 2 aromatic rings. The van der Waals surface area contributed by atoms with Crippen molar-refractivity contribution in [2.24, 2.45) is 0 Å². The molecule has 0 fully saturated rings. The highest BCUT2D eigenvalue weighted by atomic mass is 19.2. The van der Waals surface area contributed by atoms with Crippen molar-refractivity contribution in [1.29, 1.82) is 0 Å². The molecule has 1 atom stereocenters. The molecular weight excluding hydrogens is 331 g/mol. The molecule has 6 heteroatoms. The Morgan fingerprint density at radius 2 is 1.76 bits per heavy atom. The lowest BCUT2D eigenvalue weighted by molar-refractivity contribution is 0.351. The highest BCUT2D eigenvalue weighted by Gasteiger charge is 2.23. The van der Waals surface area contributed by atoms with Gasteiger partial charge in [0.25, 0.3) is 0 Å². The molecule has 0 bridgehead atoms. The van der Waals surface area contributed by atoms with Crippen molar-refractivity contribution in [2.75, 3.05) is 20.8 Å². The number of rotatable bonds is 5. The number of halogens is 3. The third-order valence-electron chi connectivity index (χ3n) is 4.58. The molecule has 0 amide bonds. The lowest BCUT2D eigenvalue weighted by Crippen LogP contribution is -2.30. The number of hydrogen-bond donors (Lipinski definition) is 1. The number of hydrogen-bond acceptors (Lipinski definition) is 3. The van der Waals surface area contributed by atoms with E-state index in [9.17, 15) is 13.2 Å². The predicted octanol–water partition coefficient (Wildman–Crippen LogP) is 3.94. The molecule has 1 aliphatic heterocycles. The molecule has 0 radical (unpaired) electrons. The molecule has 0 aromatic heterocycles. The molecule has 134 valence electrons. The van der Waals surface area contributed by atoms with Gasteiger partial charge in [0.1, 0.15) is 5.82 Å². The van der Waals surface area contributed by atoms with Crippen molar-refractivity contribution < 1.29 is 22.6 Å². The van der Waals surface area contributed by atoms with E-state index in [1.54, 1.807) is 14.2 Å². The van der Waals surface area contributed by atoms with Crippen LogP contribution in [0.5, 0.6) is 11.5 Å². The largest absolute Gasteiger partial charge is 0.493 e. The number of nitrogens with one attached hydrogen (secondary N) is 1. The molecule has 3 nitrogen and oxygen atoms in total. The molecule has 3 rings (SSSR count). The molecule has 1 unspecified atom stereocenters. The lowest BCUT2D eigenvalue weighted by Gasteiger charge is -2.28. The van der Waals surface area contributed by atoms with Crippen LogP contribution in [0.1, 0.15) is 29.2 Å². The van der Waals surface area contributed by atoms with Crippen LogP contribution in [-0.4, -0.2) is 20.8 Å². The summed E-state index contributed by atoms with van der Waals surface area (Å²) >= 11 is 0. The van der Waals surface area contributed by atoms with E-state index in [1.165, 1.54) is 0 Å². The van der Waals surface area contributed by atoms with Gasteiger partial charge in [-0.25, -0.2) is 13.2 Å². The van der Waals surface area contributed by atoms with Crippen LogP contribution in [0.15, 0.2) is 24.3 Å². The third kappa shape index (κ3) is 3.58. The van der Waals surface area contributed by atoms with Crippen LogP contribution in [0.4, 0.5) is 13.2 Å². The van der Waals surface area contributed by atoms with Gasteiger partial charge in [0.15, 0.2) is 23.1 Å². The number of ether oxygens (including phenoxy) is 2. The number of benzene rings is 2. The quantitative estimate of drug-likeness (QED) is 0.828. The second kappa shape index (κ2) is 7.35. The Hall–Kier alpha value is -2.21. The molecule has 0 aliphatic carbocycles. The first kappa shape index (κ1) is 17.6. The Balaban J connectivity index is 1.84. The zero-order valence-electron chi connectivity index (χ0n) is 14.2. The van der Waals surface area contributed by atoms with E-state index in [-0.39, 0.29) is 18.0 Å². The van der Waals surface area contributed by atoms with E-state index in [0.717, 1.165) is 30.2 Å². The van der Waals surface area contributed by atoms with Crippen molar-refractivity contribution in [3.05, 3.63) is 58.4 Å². The molecule has 1 N–H and O–H groups in total. The topological polar surface area (TPSA) is 30.5 Å². The third-order valence-corrected chi connectivity index (χ3v) is 4.58. The zero-order chi connectivity index (χ0) is 18.0. The van der Waals surface area contributed by atoms with Crippen LogP contribution in [0.3, 0.4) is 0 Å². The maximum absolute atomic E-state index is 13.9. The maximum Gasteiger partial charge on any atom is 0.162 e. The Labute approximate surface area is 144 Å². The van der Waals surface area contributed by atoms with E-state index in [4.69, 9.17) is 9.47 Å². The highest BCUT2D eigenvalue weighted by Crippen LogP contribution is 2.36. The standard InChI is InChI=1S/C19H20F3NO2/c1-24-17-8-11-5-6-23-16(14(11)10-18(17)25-2)4-3-12-7-13(20)9-15(21)19(12)22/h7-10,16,23H,3-6H2,1-2H3. The van der Waals surface area contributed by atoms with Gasteiger partial charge in [-0.15, -0.1) is 0 Å². The van der Waals surface area contributed by atoms with E-state index in [2.05, 4.69) is 5.32 Å². The van der Waals surface area contributed by atoms with Gasteiger partial charge in [0.2, 0.25) is 0 Å². The first-order valence-electron chi connectivity index (χ1n) is 8.15. The Morgan fingerprint density at radius 1 is 1.04 bits per heavy atom. The van der Waals surface area contributed by atoms with Gasteiger partial charge in [-0.2, -0.15) is 0 Å². The van der Waals surface area contributed by atoms with Gasteiger partial charge in [-0.3, -0.25) is 0 Å². The molecule has 25 heavy (non-hydrogen) atoms. The van der Waals surface area contributed by atoms with Crippen LogP contribution in [0, 0.1) is 17.5 Å². The maximum atomic E-state index is 13.9. The van der Waals surface area contributed by atoms with Crippen LogP contribution in [-0.2, 0) is 12.8 Å². The summed E-state index contributed by atoms with van der Waals surface area (Å²) in [5.74, 6) is -1.61. The van der Waals surface area contributed by atoms with Crippen molar-refractivity contribution >= 4 is 0 Å². The minimum Gasteiger partial charge on any atom is -0.493 e. The molecule has 0 spiro atoms. The van der Waals surface area contributed by atoms with Gasteiger partial charge in [-0.05, 0) is 60.7 Å². The average Bonchev–Trinajstić information content (AvgIpc) is 2.62. The summed E-state index contributed by atoms with van der Waals surface area (Å²) in [4.78, 5) is 0. The van der Waals surface area contributed by atoms with Crippen molar-refractivity contribution in [2.45, 2.75) is 25.3 Å². The second-order valence-electron chi connectivity index (χ2n) is 6.06. The summed E-state index contributed by atoms with van der Waals surface area (Å²) in [6, 6.07) is 5.42. The van der Waals surface area contributed by atoms with Gasteiger partial charge in [0.05, 0.1) is 14.2 Å². The minimum absolute atomic E-state index is 0.0470. The Morgan fingerprint density at radius 3 is 2.48 bits per heavy atom. The van der Waals surface area contributed by atoms with Crippen molar-refractivity contribution in [3.8, 4) is 11.5 Å². The van der Waals surface area contributed by atoms with Crippen LogP contribution < -0.4 is 14.8 Å². The molecular formula is C19H20F3NO2. The summed E-state index contributed by atoms with van der Waals surface area (Å²) in [6.45, 7) is 0.771. The average molecular weight is 351 g/mol. The fourth-order valence-electron chi connectivity index (χ4n) is 3.32. The van der Waals surface area contributed by atoms with Crippen LogP contribution in [0.25, 0.3) is 0 Å². The second-order valence-corrected chi connectivity index (χ2v) is 6.06. The minimum atomic E-state index is -1.15. The summed E-state index contributed by atoms with van der Waals surface area (Å²) in [5.41, 5.74) is 2.22. The monoisotopic (exact) mass is 351 g/mol. The predicted molar refractivity (Wildman–Crippen MR) is 88.6 cm³/mol. The lowest BCUT2D eigenvalue weighted by atomic mass is 9.90. The van der Waals surface area contributed by atoms with E-state index in [1.807, 2.05) is 12.1 Å². The van der Waals surface area contributed by atoms with Crippen LogP contribution in [0.2, 0.25) is 0 Å². The Bertz CT molecular complexity index is 780. The first-order chi connectivity index (χ1) is 12.0. The van der Waals surface area contributed by atoms with Gasteiger partial charge < -0.3 is 14.8 Å². The molecule has 1 heterocycles. The Kier molecular flexibility index (Phi) is 5.18. The van der Waals surface area contributed by atoms with Gasteiger partial charge in [-0.1, -0.05) is 0 Å². The summed E-state index contributed by atoms with van der Waals surface area (Å²) in [5, 5.41) is 3.38. The van der Waals surface area contributed by atoms with E-state index < -0.39 is 17.5 Å². The summed E-state index contributed by atoms with van der Waals surface area (Å²) in [7, 11) is 3.16. The first-order valence-corrected chi connectivity index (χ1v) is 8.15. The normalized spacial score (nSPS) is 16.4. The van der Waals surface area contributed by atoms with Gasteiger partial charge >= 0.3 is 0 Å². The number of methoxy groups -OCH3 is 2. The van der Waals surface area contributed by atoms with Crippen LogP contribution >= 0.6 is 0 Å².